The third kappa shape index (κ3) is 5.82. The standard InChI is InChI=1S/C13H20BrNO3/c1-10-3-4-13(12(14)7-10)15-8-11(16)9-18-6-5-17-2/h3-4,7,11,15-16H,5-6,8-9H2,1-2H3. The Morgan fingerprint density at radius 2 is 2.17 bits per heavy atom. The van der Waals surface area contributed by atoms with E-state index in [-0.39, 0.29) is 0 Å². The van der Waals surface area contributed by atoms with Gasteiger partial charge in [-0.3, -0.25) is 0 Å². The molecular formula is C13H20BrNO3. The van der Waals surface area contributed by atoms with Crippen molar-refractivity contribution in [3.8, 4) is 0 Å². The van der Waals surface area contributed by atoms with Crippen molar-refractivity contribution in [2.24, 2.45) is 0 Å². The molecule has 0 amide bonds. The molecule has 0 heterocycles. The third-order valence-electron chi connectivity index (χ3n) is 2.39. The molecule has 0 spiro atoms. The Labute approximate surface area is 116 Å². The van der Waals surface area contributed by atoms with Gasteiger partial charge in [-0.25, -0.2) is 0 Å². The Morgan fingerprint density at radius 3 is 2.83 bits per heavy atom. The van der Waals surface area contributed by atoms with Crippen LogP contribution in [0.25, 0.3) is 0 Å². The summed E-state index contributed by atoms with van der Waals surface area (Å²) in [4.78, 5) is 0. The number of aryl methyl sites for hydroxylation is 1. The number of hydrogen-bond acceptors (Lipinski definition) is 4. The lowest BCUT2D eigenvalue weighted by atomic mass is 10.2. The molecule has 0 aromatic heterocycles. The monoisotopic (exact) mass is 317 g/mol. The second-order valence-corrected chi connectivity index (χ2v) is 4.94. The predicted molar refractivity (Wildman–Crippen MR) is 76.1 cm³/mol. The van der Waals surface area contributed by atoms with Gasteiger partial charge in [-0.15, -0.1) is 0 Å². The first kappa shape index (κ1) is 15.4. The quantitative estimate of drug-likeness (QED) is 0.722. The second kappa shape index (κ2) is 8.48. The summed E-state index contributed by atoms with van der Waals surface area (Å²) in [5.74, 6) is 0. The van der Waals surface area contributed by atoms with Crippen molar-refractivity contribution in [1.29, 1.82) is 0 Å². The Balaban J connectivity index is 2.27. The normalized spacial score (nSPS) is 12.4. The summed E-state index contributed by atoms with van der Waals surface area (Å²) in [7, 11) is 1.62. The van der Waals surface area contributed by atoms with Gasteiger partial charge in [0.05, 0.1) is 25.9 Å². The van der Waals surface area contributed by atoms with E-state index in [4.69, 9.17) is 9.47 Å². The molecule has 4 nitrogen and oxygen atoms in total. The minimum absolute atomic E-state index is 0.305. The van der Waals surface area contributed by atoms with Crippen LogP contribution in [0.1, 0.15) is 5.56 Å². The fraction of sp³-hybridized carbons (Fsp3) is 0.538. The van der Waals surface area contributed by atoms with Crippen molar-refractivity contribution in [3.63, 3.8) is 0 Å². The number of anilines is 1. The van der Waals surface area contributed by atoms with Crippen molar-refractivity contribution in [3.05, 3.63) is 28.2 Å². The highest BCUT2D eigenvalue weighted by atomic mass is 79.9. The van der Waals surface area contributed by atoms with Gasteiger partial charge in [0, 0.05) is 23.8 Å². The zero-order valence-electron chi connectivity index (χ0n) is 10.8. The summed E-state index contributed by atoms with van der Waals surface area (Å²) in [5.41, 5.74) is 2.16. The molecule has 1 unspecified atom stereocenters. The molecule has 1 aromatic rings. The van der Waals surface area contributed by atoms with Gasteiger partial charge in [0.2, 0.25) is 0 Å². The summed E-state index contributed by atoms with van der Waals surface area (Å²) in [5, 5.41) is 12.9. The van der Waals surface area contributed by atoms with E-state index in [1.54, 1.807) is 7.11 Å². The highest BCUT2D eigenvalue weighted by Crippen LogP contribution is 2.23. The van der Waals surface area contributed by atoms with Crippen LogP contribution in [0.2, 0.25) is 0 Å². The number of ether oxygens (including phenoxy) is 2. The number of hydrogen-bond donors (Lipinski definition) is 2. The Hall–Kier alpha value is -0.620. The van der Waals surface area contributed by atoms with E-state index in [1.165, 1.54) is 5.56 Å². The van der Waals surface area contributed by atoms with Gasteiger partial charge in [-0.05, 0) is 40.5 Å². The van der Waals surface area contributed by atoms with E-state index in [0.717, 1.165) is 10.2 Å². The summed E-state index contributed by atoms with van der Waals surface area (Å²) < 4.78 is 11.1. The molecule has 0 saturated heterocycles. The Bertz CT molecular complexity index is 360. The highest BCUT2D eigenvalue weighted by Gasteiger charge is 2.05. The maximum Gasteiger partial charge on any atom is 0.0945 e. The molecular weight excluding hydrogens is 298 g/mol. The van der Waals surface area contributed by atoms with E-state index in [0.29, 0.717) is 26.4 Å². The number of rotatable bonds is 8. The lowest BCUT2D eigenvalue weighted by Crippen LogP contribution is -2.25. The zero-order chi connectivity index (χ0) is 13.4. The predicted octanol–water partition coefficient (Wildman–Crippen LogP) is 2.19. The molecule has 0 aliphatic heterocycles. The lowest BCUT2D eigenvalue weighted by molar-refractivity contribution is 0.0182. The molecule has 0 aliphatic carbocycles. The number of aliphatic hydroxyl groups excluding tert-OH is 1. The van der Waals surface area contributed by atoms with Gasteiger partial charge in [0.25, 0.3) is 0 Å². The maximum absolute atomic E-state index is 9.71. The fourth-order valence-electron chi connectivity index (χ4n) is 1.41. The largest absolute Gasteiger partial charge is 0.389 e. The van der Waals surface area contributed by atoms with Crippen LogP contribution in [0.5, 0.6) is 0 Å². The van der Waals surface area contributed by atoms with Crippen molar-refractivity contribution in [1.82, 2.24) is 0 Å². The van der Waals surface area contributed by atoms with Gasteiger partial charge in [0.1, 0.15) is 0 Å². The molecule has 0 radical (unpaired) electrons. The van der Waals surface area contributed by atoms with Crippen molar-refractivity contribution in [2.75, 3.05) is 38.8 Å². The summed E-state index contributed by atoms with van der Waals surface area (Å²) in [6.07, 6.45) is -0.532. The van der Waals surface area contributed by atoms with Crippen LogP contribution in [0.3, 0.4) is 0 Å². The molecule has 0 bridgehead atoms. The molecule has 2 N–H and O–H groups in total. The van der Waals surface area contributed by atoms with Crippen LogP contribution in [0.4, 0.5) is 5.69 Å². The minimum Gasteiger partial charge on any atom is -0.389 e. The van der Waals surface area contributed by atoms with Gasteiger partial charge in [-0.1, -0.05) is 6.07 Å². The van der Waals surface area contributed by atoms with Crippen LogP contribution in [-0.4, -0.2) is 44.7 Å². The molecule has 0 saturated carbocycles. The Morgan fingerprint density at radius 1 is 1.39 bits per heavy atom. The van der Waals surface area contributed by atoms with E-state index in [1.807, 2.05) is 25.1 Å². The molecule has 1 rings (SSSR count). The number of methoxy groups -OCH3 is 1. The number of nitrogens with one attached hydrogen (secondary N) is 1. The van der Waals surface area contributed by atoms with Crippen LogP contribution in [0, 0.1) is 6.92 Å². The van der Waals surface area contributed by atoms with Crippen LogP contribution < -0.4 is 5.32 Å². The van der Waals surface area contributed by atoms with Crippen molar-refractivity contribution in [2.45, 2.75) is 13.0 Å². The first-order valence-corrected chi connectivity index (χ1v) is 6.67. The molecule has 0 aliphatic rings. The summed E-state index contributed by atoms with van der Waals surface area (Å²) >= 11 is 3.48. The average molecular weight is 318 g/mol. The molecule has 18 heavy (non-hydrogen) atoms. The van der Waals surface area contributed by atoms with Crippen molar-refractivity contribution >= 4 is 21.6 Å². The maximum atomic E-state index is 9.71. The second-order valence-electron chi connectivity index (χ2n) is 4.09. The topological polar surface area (TPSA) is 50.7 Å². The smallest absolute Gasteiger partial charge is 0.0945 e. The molecule has 102 valence electrons. The van der Waals surface area contributed by atoms with Crippen LogP contribution in [0.15, 0.2) is 22.7 Å². The average Bonchev–Trinajstić information content (AvgIpc) is 2.33. The Kier molecular flexibility index (Phi) is 7.27. The minimum atomic E-state index is -0.532. The van der Waals surface area contributed by atoms with Gasteiger partial charge in [0.15, 0.2) is 0 Å². The summed E-state index contributed by atoms with van der Waals surface area (Å²) in [6, 6.07) is 6.04. The molecule has 5 heteroatoms. The number of benzene rings is 1. The lowest BCUT2D eigenvalue weighted by Gasteiger charge is -2.14. The first-order chi connectivity index (χ1) is 8.63. The van der Waals surface area contributed by atoms with E-state index in [9.17, 15) is 5.11 Å². The van der Waals surface area contributed by atoms with Gasteiger partial charge < -0.3 is 19.9 Å². The highest BCUT2D eigenvalue weighted by molar-refractivity contribution is 9.10. The molecule has 1 aromatic carbocycles. The third-order valence-corrected chi connectivity index (χ3v) is 3.05. The van der Waals surface area contributed by atoms with Gasteiger partial charge >= 0.3 is 0 Å². The molecule has 0 fully saturated rings. The number of halogens is 1. The SMILES string of the molecule is COCCOCC(O)CNc1ccc(C)cc1Br. The van der Waals surface area contributed by atoms with Crippen molar-refractivity contribution < 1.29 is 14.6 Å². The first-order valence-electron chi connectivity index (χ1n) is 5.88. The van der Waals surface area contributed by atoms with E-state index >= 15 is 0 Å². The van der Waals surface area contributed by atoms with E-state index < -0.39 is 6.10 Å². The van der Waals surface area contributed by atoms with Crippen LogP contribution in [-0.2, 0) is 9.47 Å². The summed E-state index contributed by atoms with van der Waals surface area (Å²) in [6.45, 7) is 3.84. The fourth-order valence-corrected chi connectivity index (χ4v) is 2.05. The zero-order valence-corrected chi connectivity index (χ0v) is 12.4. The molecule has 1 atom stereocenters. The number of aliphatic hydroxyl groups is 1. The van der Waals surface area contributed by atoms with Crippen LogP contribution >= 0.6 is 15.9 Å². The van der Waals surface area contributed by atoms with E-state index in [2.05, 4.69) is 21.2 Å². The van der Waals surface area contributed by atoms with Gasteiger partial charge in [-0.2, -0.15) is 0 Å².